The third-order valence-electron chi connectivity index (χ3n) is 7.99. The highest BCUT2D eigenvalue weighted by Crippen LogP contribution is 2.28. The second kappa shape index (κ2) is 10.3. The normalized spacial score (nSPS) is 19.8. The second-order valence-electron chi connectivity index (χ2n) is 10.6. The minimum Gasteiger partial charge on any atom is -0.371 e. The highest BCUT2D eigenvalue weighted by atomic mass is 15.2. The van der Waals surface area contributed by atoms with Crippen molar-refractivity contribution >= 4 is 28.2 Å². The first-order chi connectivity index (χ1) is 17.7. The average molecular weight is 483 g/mol. The lowest BCUT2D eigenvalue weighted by Gasteiger charge is -2.44. The van der Waals surface area contributed by atoms with E-state index in [1.54, 1.807) is 6.33 Å². The molecule has 0 atom stereocenters. The number of rotatable bonds is 7. The topological polar surface area (TPSA) is 93.0 Å². The van der Waals surface area contributed by atoms with E-state index in [-0.39, 0.29) is 0 Å². The maximum atomic E-state index is 8.98. The molecular formula is C28H34N8. The van der Waals surface area contributed by atoms with Crippen LogP contribution in [0.15, 0.2) is 42.9 Å². The van der Waals surface area contributed by atoms with Gasteiger partial charge in [-0.1, -0.05) is 12.8 Å². The number of anilines is 3. The second-order valence-corrected chi connectivity index (χ2v) is 10.6. The van der Waals surface area contributed by atoms with Crippen LogP contribution in [-0.2, 0) is 0 Å². The molecule has 3 fully saturated rings. The maximum absolute atomic E-state index is 8.98. The van der Waals surface area contributed by atoms with Gasteiger partial charge in [-0.05, 0) is 56.0 Å². The van der Waals surface area contributed by atoms with Crippen LogP contribution in [-0.4, -0.2) is 64.7 Å². The Morgan fingerprint density at radius 2 is 1.67 bits per heavy atom. The van der Waals surface area contributed by atoms with Crippen molar-refractivity contribution in [3.63, 3.8) is 0 Å². The number of fused-ring (bicyclic) bond motifs is 1. The van der Waals surface area contributed by atoms with Crippen LogP contribution >= 0.6 is 0 Å². The number of nitriles is 1. The molecule has 2 aromatic heterocycles. The molecule has 3 aliphatic rings. The Hall–Kier alpha value is -3.44. The molecule has 2 aliphatic heterocycles. The number of benzene rings is 1. The van der Waals surface area contributed by atoms with Crippen LogP contribution in [0.25, 0.3) is 10.9 Å². The summed E-state index contributed by atoms with van der Waals surface area (Å²) in [5, 5.41) is 17.4. The molecule has 8 nitrogen and oxygen atoms in total. The molecule has 0 bridgehead atoms. The fraction of sp³-hybridized carbons (Fsp3) is 0.500. The zero-order chi connectivity index (χ0) is 24.3. The van der Waals surface area contributed by atoms with Crippen molar-refractivity contribution in [2.75, 3.05) is 48.3 Å². The van der Waals surface area contributed by atoms with E-state index < -0.39 is 0 Å². The SMILES string of the molecule is N#Cc1ccc(N2CC(CN3CCC(Nc4ncnc5cnc(NC6CCCC6)cc45)CC3)C2)cc1. The van der Waals surface area contributed by atoms with Crippen molar-refractivity contribution in [3.05, 3.63) is 48.4 Å². The summed E-state index contributed by atoms with van der Waals surface area (Å²) in [4.78, 5) is 18.6. The van der Waals surface area contributed by atoms with Crippen molar-refractivity contribution in [3.8, 4) is 6.07 Å². The number of pyridine rings is 1. The minimum absolute atomic E-state index is 0.426. The van der Waals surface area contributed by atoms with E-state index in [0.29, 0.717) is 18.0 Å². The summed E-state index contributed by atoms with van der Waals surface area (Å²) in [7, 11) is 0. The number of aromatic nitrogens is 3. The monoisotopic (exact) mass is 482 g/mol. The van der Waals surface area contributed by atoms with Gasteiger partial charge in [0.05, 0.1) is 23.3 Å². The lowest BCUT2D eigenvalue weighted by atomic mass is 9.96. The predicted octanol–water partition coefficient (Wildman–Crippen LogP) is 4.26. The highest BCUT2D eigenvalue weighted by molar-refractivity contribution is 5.90. The Bertz CT molecular complexity index is 1220. The van der Waals surface area contributed by atoms with E-state index in [1.165, 1.54) is 31.4 Å². The summed E-state index contributed by atoms with van der Waals surface area (Å²) in [6.07, 6.45) is 10.8. The van der Waals surface area contributed by atoms with Crippen LogP contribution in [0.4, 0.5) is 17.3 Å². The van der Waals surface area contributed by atoms with Gasteiger partial charge in [0, 0.05) is 61.8 Å². The van der Waals surface area contributed by atoms with Gasteiger partial charge in [-0.25, -0.2) is 15.0 Å². The fourth-order valence-electron chi connectivity index (χ4n) is 5.89. The fourth-order valence-corrected chi connectivity index (χ4v) is 5.89. The van der Waals surface area contributed by atoms with Gasteiger partial charge in [-0.15, -0.1) is 0 Å². The predicted molar refractivity (Wildman–Crippen MR) is 143 cm³/mol. The highest BCUT2D eigenvalue weighted by Gasteiger charge is 2.30. The lowest BCUT2D eigenvalue weighted by Crippen LogP contribution is -2.53. The third-order valence-corrected chi connectivity index (χ3v) is 7.99. The van der Waals surface area contributed by atoms with Gasteiger partial charge >= 0.3 is 0 Å². The van der Waals surface area contributed by atoms with Crippen LogP contribution < -0.4 is 15.5 Å². The quantitative estimate of drug-likeness (QED) is 0.516. The first kappa shape index (κ1) is 23.0. The maximum Gasteiger partial charge on any atom is 0.137 e. The van der Waals surface area contributed by atoms with Crippen LogP contribution in [0.1, 0.15) is 44.1 Å². The summed E-state index contributed by atoms with van der Waals surface area (Å²) in [6.45, 7) is 5.59. The summed E-state index contributed by atoms with van der Waals surface area (Å²) in [5.74, 6) is 2.57. The summed E-state index contributed by atoms with van der Waals surface area (Å²) < 4.78 is 0. The number of hydrogen-bond acceptors (Lipinski definition) is 8. The Morgan fingerprint density at radius 3 is 2.42 bits per heavy atom. The van der Waals surface area contributed by atoms with Gasteiger partial charge in [0.15, 0.2) is 0 Å². The van der Waals surface area contributed by atoms with Gasteiger partial charge in [0.25, 0.3) is 0 Å². The standard InChI is InChI=1S/C28H34N8/c29-14-20-5-7-24(8-6-20)36-17-21(18-36)16-35-11-9-23(10-12-35)34-28-25-13-27(33-22-3-1-2-4-22)30-15-26(25)31-19-32-28/h5-8,13,15,19,21-23H,1-4,9-12,16-18H2,(H,30,33)(H,31,32,34). The Morgan fingerprint density at radius 1 is 0.917 bits per heavy atom. The van der Waals surface area contributed by atoms with Crippen molar-refractivity contribution < 1.29 is 0 Å². The van der Waals surface area contributed by atoms with Gasteiger partial charge in [0.2, 0.25) is 0 Å². The van der Waals surface area contributed by atoms with E-state index in [4.69, 9.17) is 5.26 Å². The van der Waals surface area contributed by atoms with Crippen LogP contribution in [0.3, 0.4) is 0 Å². The van der Waals surface area contributed by atoms with Gasteiger partial charge in [0.1, 0.15) is 18.0 Å². The number of piperidine rings is 1. The molecule has 6 rings (SSSR count). The third kappa shape index (κ3) is 5.07. The van der Waals surface area contributed by atoms with Crippen LogP contribution in [0.2, 0.25) is 0 Å². The molecule has 3 aromatic rings. The zero-order valence-electron chi connectivity index (χ0n) is 20.7. The molecule has 36 heavy (non-hydrogen) atoms. The van der Waals surface area contributed by atoms with Gasteiger partial charge in [-0.3, -0.25) is 0 Å². The van der Waals surface area contributed by atoms with Crippen LogP contribution in [0.5, 0.6) is 0 Å². The van der Waals surface area contributed by atoms with Gasteiger partial charge < -0.3 is 20.4 Å². The smallest absolute Gasteiger partial charge is 0.137 e. The molecule has 1 aromatic carbocycles. The number of nitrogens with zero attached hydrogens (tertiary/aromatic N) is 6. The number of hydrogen-bond donors (Lipinski definition) is 2. The zero-order valence-corrected chi connectivity index (χ0v) is 20.7. The molecule has 0 amide bonds. The summed E-state index contributed by atoms with van der Waals surface area (Å²) >= 11 is 0. The molecular weight excluding hydrogens is 448 g/mol. The van der Waals surface area contributed by atoms with E-state index in [9.17, 15) is 0 Å². The Kier molecular flexibility index (Phi) is 6.56. The first-order valence-electron chi connectivity index (χ1n) is 13.3. The molecule has 1 saturated carbocycles. The Labute approximate surface area is 212 Å². The molecule has 1 aliphatic carbocycles. The molecule has 186 valence electrons. The number of nitrogens with one attached hydrogen (secondary N) is 2. The summed E-state index contributed by atoms with van der Waals surface area (Å²) in [5.41, 5.74) is 2.83. The molecule has 0 spiro atoms. The summed E-state index contributed by atoms with van der Waals surface area (Å²) in [6, 6.07) is 13.2. The van der Waals surface area contributed by atoms with Crippen molar-refractivity contribution in [1.82, 2.24) is 19.9 Å². The number of likely N-dealkylation sites (tertiary alicyclic amines) is 1. The molecule has 2 saturated heterocycles. The van der Waals surface area contributed by atoms with Crippen molar-refractivity contribution in [2.45, 2.75) is 50.6 Å². The van der Waals surface area contributed by atoms with E-state index in [0.717, 1.165) is 73.7 Å². The lowest BCUT2D eigenvalue weighted by molar-refractivity contribution is 0.174. The Balaban J connectivity index is 1.00. The minimum atomic E-state index is 0.426. The van der Waals surface area contributed by atoms with E-state index in [2.05, 4.69) is 59.7 Å². The van der Waals surface area contributed by atoms with Crippen molar-refractivity contribution in [2.24, 2.45) is 5.92 Å². The average Bonchev–Trinajstić information content (AvgIpc) is 3.40. The first-order valence-corrected chi connectivity index (χ1v) is 13.3. The van der Waals surface area contributed by atoms with Crippen LogP contribution in [0, 0.1) is 17.2 Å². The molecule has 2 N–H and O–H groups in total. The molecule has 0 unspecified atom stereocenters. The molecule has 0 radical (unpaired) electrons. The van der Waals surface area contributed by atoms with Gasteiger partial charge in [-0.2, -0.15) is 5.26 Å². The van der Waals surface area contributed by atoms with E-state index >= 15 is 0 Å². The molecule has 8 heteroatoms. The van der Waals surface area contributed by atoms with E-state index in [1.807, 2.05) is 18.3 Å². The largest absolute Gasteiger partial charge is 0.371 e. The van der Waals surface area contributed by atoms with Crippen molar-refractivity contribution in [1.29, 1.82) is 5.26 Å². The molecule has 4 heterocycles.